The molecule has 0 spiro atoms. The lowest BCUT2D eigenvalue weighted by molar-refractivity contribution is 0.0606. The fourth-order valence-electron chi connectivity index (χ4n) is 3.70. The summed E-state index contributed by atoms with van der Waals surface area (Å²) in [5, 5.41) is 13.9. The van der Waals surface area contributed by atoms with E-state index in [1.807, 2.05) is 65.7 Å². The van der Waals surface area contributed by atoms with E-state index in [1.165, 1.54) is 0 Å². The molecule has 1 aliphatic heterocycles. The quantitative estimate of drug-likeness (QED) is 0.657. The number of ether oxygens (including phenoxy) is 1. The van der Waals surface area contributed by atoms with Gasteiger partial charge in [-0.25, -0.2) is 4.68 Å². The van der Waals surface area contributed by atoms with Gasteiger partial charge in [0.2, 0.25) is 0 Å². The Balaban J connectivity index is 1.38. The van der Waals surface area contributed by atoms with Crippen LogP contribution in [0, 0.1) is 11.3 Å². The predicted molar refractivity (Wildman–Crippen MR) is 112 cm³/mol. The first-order valence-electron chi connectivity index (χ1n) is 9.86. The second-order valence-electron chi connectivity index (χ2n) is 7.13. The molecule has 0 saturated carbocycles. The number of methoxy groups -OCH3 is 1. The molecule has 1 saturated heterocycles. The van der Waals surface area contributed by atoms with Gasteiger partial charge in [-0.2, -0.15) is 10.4 Å². The van der Waals surface area contributed by atoms with Gasteiger partial charge in [0.25, 0.3) is 5.91 Å². The minimum absolute atomic E-state index is 0.0135. The number of rotatable bonds is 5. The highest BCUT2D eigenvalue weighted by atomic mass is 16.5. The minimum Gasteiger partial charge on any atom is -0.497 e. The summed E-state index contributed by atoms with van der Waals surface area (Å²) in [5.74, 6) is 0.782. The molecule has 0 bridgehead atoms. The van der Waals surface area contributed by atoms with Gasteiger partial charge in [0, 0.05) is 44.1 Å². The Labute approximate surface area is 175 Å². The van der Waals surface area contributed by atoms with Gasteiger partial charge in [0.1, 0.15) is 11.8 Å². The molecule has 1 fully saturated rings. The summed E-state index contributed by atoms with van der Waals surface area (Å²) >= 11 is 0. The molecule has 4 rings (SSSR count). The maximum absolute atomic E-state index is 12.9. The third-order valence-electron chi connectivity index (χ3n) is 5.40. The number of nitriles is 1. The second-order valence-corrected chi connectivity index (χ2v) is 7.13. The molecule has 1 amide bonds. The average molecular weight is 401 g/mol. The maximum atomic E-state index is 12.9. The van der Waals surface area contributed by atoms with Crippen molar-refractivity contribution >= 4 is 5.91 Å². The standard InChI is InChI=1S/C23H23N5O2/c1-30-21-9-5-18(6-10-21)22(17-24)26-13-15-27(16-14-26)23(29)19-3-7-20(8-4-19)28-12-2-11-25-28/h2-12,22H,13-16H2,1H3. The van der Waals surface area contributed by atoms with Crippen LogP contribution in [0.2, 0.25) is 0 Å². The van der Waals surface area contributed by atoms with E-state index < -0.39 is 0 Å². The van der Waals surface area contributed by atoms with Gasteiger partial charge in [0.05, 0.1) is 18.9 Å². The van der Waals surface area contributed by atoms with Crippen LogP contribution in [0.25, 0.3) is 5.69 Å². The van der Waals surface area contributed by atoms with Gasteiger partial charge < -0.3 is 9.64 Å². The summed E-state index contributed by atoms with van der Waals surface area (Å²) in [6, 6.07) is 19.0. The van der Waals surface area contributed by atoms with Crippen molar-refractivity contribution in [1.29, 1.82) is 5.26 Å². The van der Waals surface area contributed by atoms with Crippen LogP contribution in [0.1, 0.15) is 22.0 Å². The Morgan fingerprint density at radius 2 is 1.77 bits per heavy atom. The Bertz CT molecular complexity index is 1010. The van der Waals surface area contributed by atoms with Gasteiger partial charge in [-0.05, 0) is 48.0 Å². The van der Waals surface area contributed by atoms with E-state index in [2.05, 4.69) is 16.1 Å². The summed E-state index contributed by atoms with van der Waals surface area (Å²) in [6.45, 7) is 2.49. The van der Waals surface area contributed by atoms with Crippen molar-refractivity contribution in [3.8, 4) is 17.5 Å². The molecule has 2 heterocycles. The molecule has 3 aromatic rings. The normalized spacial score (nSPS) is 15.4. The average Bonchev–Trinajstić information content (AvgIpc) is 3.35. The number of nitrogens with zero attached hydrogens (tertiary/aromatic N) is 5. The number of hydrogen-bond acceptors (Lipinski definition) is 5. The molecule has 1 unspecified atom stereocenters. The summed E-state index contributed by atoms with van der Waals surface area (Å²) in [5.41, 5.74) is 2.51. The van der Waals surface area contributed by atoms with Crippen molar-refractivity contribution in [1.82, 2.24) is 19.6 Å². The fourth-order valence-corrected chi connectivity index (χ4v) is 3.70. The molecule has 30 heavy (non-hydrogen) atoms. The third-order valence-corrected chi connectivity index (χ3v) is 5.40. The number of piperazine rings is 1. The number of benzene rings is 2. The van der Waals surface area contributed by atoms with E-state index in [0.29, 0.717) is 31.7 Å². The molecule has 152 valence electrons. The first-order valence-corrected chi connectivity index (χ1v) is 9.86. The topological polar surface area (TPSA) is 74.4 Å². The first kappa shape index (κ1) is 19.7. The smallest absolute Gasteiger partial charge is 0.253 e. The molecule has 0 aliphatic carbocycles. The molecule has 1 aromatic heterocycles. The van der Waals surface area contributed by atoms with Crippen LogP contribution in [-0.4, -0.2) is 58.8 Å². The molecule has 0 radical (unpaired) electrons. The van der Waals surface area contributed by atoms with Crippen molar-refractivity contribution in [3.63, 3.8) is 0 Å². The van der Waals surface area contributed by atoms with Crippen molar-refractivity contribution in [2.24, 2.45) is 0 Å². The van der Waals surface area contributed by atoms with Crippen LogP contribution in [0.4, 0.5) is 0 Å². The number of amides is 1. The molecule has 1 atom stereocenters. The number of hydrogen-bond donors (Lipinski definition) is 0. The highest BCUT2D eigenvalue weighted by Crippen LogP contribution is 2.24. The van der Waals surface area contributed by atoms with E-state index in [-0.39, 0.29) is 11.9 Å². The third kappa shape index (κ3) is 4.04. The van der Waals surface area contributed by atoms with E-state index >= 15 is 0 Å². The summed E-state index contributed by atoms with van der Waals surface area (Å²) in [7, 11) is 1.62. The summed E-state index contributed by atoms with van der Waals surface area (Å²) in [6.07, 6.45) is 3.59. The van der Waals surface area contributed by atoms with Gasteiger partial charge in [-0.1, -0.05) is 12.1 Å². The molecule has 2 aromatic carbocycles. The van der Waals surface area contributed by atoms with Crippen molar-refractivity contribution in [2.45, 2.75) is 6.04 Å². The molecule has 0 N–H and O–H groups in total. The van der Waals surface area contributed by atoms with E-state index in [4.69, 9.17) is 4.74 Å². The predicted octanol–water partition coefficient (Wildman–Crippen LogP) is 2.90. The Morgan fingerprint density at radius 1 is 1.07 bits per heavy atom. The zero-order chi connectivity index (χ0) is 20.9. The maximum Gasteiger partial charge on any atom is 0.253 e. The minimum atomic E-state index is -0.332. The van der Waals surface area contributed by atoms with E-state index in [0.717, 1.165) is 17.0 Å². The lowest BCUT2D eigenvalue weighted by atomic mass is 10.1. The lowest BCUT2D eigenvalue weighted by Gasteiger charge is -2.37. The summed E-state index contributed by atoms with van der Waals surface area (Å²) in [4.78, 5) is 16.9. The van der Waals surface area contributed by atoms with Gasteiger partial charge >= 0.3 is 0 Å². The van der Waals surface area contributed by atoms with Crippen LogP contribution < -0.4 is 4.74 Å². The van der Waals surface area contributed by atoms with Crippen LogP contribution in [0.3, 0.4) is 0 Å². The summed E-state index contributed by atoms with van der Waals surface area (Å²) < 4.78 is 6.95. The molecule has 7 heteroatoms. The fraction of sp³-hybridized carbons (Fsp3) is 0.261. The number of aromatic nitrogens is 2. The van der Waals surface area contributed by atoms with Crippen LogP contribution in [0.5, 0.6) is 5.75 Å². The number of carbonyl (C=O) groups is 1. The van der Waals surface area contributed by atoms with Crippen molar-refractivity contribution in [2.75, 3.05) is 33.3 Å². The van der Waals surface area contributed by atoms with E-state index in [1.54, 1.807) is 18.0 Å². The van der Waals surface area contributed by atoms with Crippen LogP contribution in [-0.2, 0) is 0 Å². The Kier molecular flexibility index (Phi) is 5.77. The highest BCUT2D eigenvalue weighted by Gasteiger charge is 2.27. The van der Waals surface area contributed by atoms with Gasteiger partial charge in [-0.15, -0.1) is 0 Å². The van der Waals surface area contributed by atoms with Crippen LogP contribution >= 0.6 is 0 Å². The Hall–Kier alpha value is -3.63. The highest BCUT2D eigenvalue weighted by molar-refractivity contribution is 5.94. The zero-order valence-electron chi connectivity index (χ0n) is 16.8. The monoisotopic (exact) mass is 401 g/mol. The number of carbonyl (C=O) groups excluding carboxylic acids is 1. The Morgan fingerprint density at radius 3 is 2.33 bits per heavy atom. The SMILES string of the molecule is COc1ccc(C(C#N)N2CCN(C(=O)c3ccc(-n4cccn4)cc3)CC2)cc1. The van der Waals surface area contributed by atoms with Gasteiger partial charge in [0.15, 0.2) is 0 Å². The first-order chi connectivity index (χ1) is 14.7. The zero-order valence-corrected chi connectivity index (χ0v) is 16.8. The second kappa shape index (κ2) is 8.80. The molecule has 7 nitrogen and oxygen atoms in total. The van der Waals surface area contributed by atoms with Crippen LogP contribution in [0.15, 0.2) is 67.0 Å². The molecular weight excluding hydrogens is 378 g/mol. The largest absolute Gasteiger partial charge is 0.497 e. The van der Waals surface area contributed by atoms with E-state index in [9.17, 15) is 10.1 Å². The lowest BCUT2D eigenvalue weighted by Crippen LogP contribution is -2.49. The molecule has 1 aliphatic rings. The van der Waals surface area contributed by atoms with Gasteiger partial charge in [-0.3, -0.25) is 9.69 Å². The van der Waals surface area contributed by atoms with Crippen molar-refractivity contribution < 1.29 is 9.53 Å². The molecular formula is C23H23N5O2. The van der Waals surface area contributed by atoms with Crippen molar-refractivity contribution in [3.05, 3.63) is 78.1 Å².